The topological polar surface area (TPSA) is 32.9 Å². The fraction of sp³-hybridized carbons (Fsp3) is 0.167. The summed E-state index contributed by atoms with van der Waals surface area (Å²) in [7, 11) is 0. The third-order valence-electron chi connectivity index (χ3n) is 1.05. The average molecular weight is 144 g/mol. The van der Waals surface area contributed by atoms with Gasteiger partial charge in [-0.3, -0.25) is 4.79 Å². The van der Waals surface area contributed by atoms with Crippen molar-refractivity contribution in [3.8, 4) is 0 Å². The Morgan fingerprint density at radius 1 is 1.67 bits per heavy atom. The van der Waals surface area contributed by atoms with Crippen molar-refractivity contribution in [3.05, 3.63) is 34.2 Å². The van der Waals surface area contributed by atoms with E-state index in [0.29, 0.717) is 5.56 Å². The number of nitrogens with one attached hydrogen (secondary N) is 1. The molecule has 0 saturated carbocycles. The summed E-state index contributed by atoms with van der Waals surface area (Å²) in [5.41, 5.74) is 0.600. The lowest BCUT2D eigenvalue weighted by atomic mass is 10.3. The molecular formula is C6H6ClNO. The first-order chi connectivity index (χ1) is 4.34. The van der Waals surface area contributed by atoms with E-state index in [9.17, 15) is 4.79 Å². The zero-order valence-electron chi connectivity index (χ0n) is 4.73. The van der Waals surface area contributed by atoms with Gasteiger partial charge in [0.2, 0.25) is 0 Å². The molecule has 0 unspecified atom stereocenters. The zero-order chi connectivity index (χ0) is 6.69. The van der Waals surface area contributed by atoms with Crippen molar-refractivity contribution >= 4 is 11.6 Å². The van der Waals surface area contributed by atoms with E-state index >= 15 is 0 Å². The number of hydrogen-bond donors (Lipinski definition) is 1. The highest BCUT2D eigenvalue weighted by atomic mass is 35.5. The number of aromatic nitrogens is 1. The Labute approximate surface area is 57.5 Å². The first-order valence-corrected chi connectivity index (χ1v) is 3.10. The molecule has 0 aromatic carbocycles. The molecule has 0 fully saturated rings. The molecule has 0 spiro atoms. The van der Waals surface area contributed by atoms with Crippen LogP contribution >= 0.6 is 11.6 Å². The zero-order valence-corrected chi connectivity index (χ0v) is 5.48. The van der Waals surface area contributed by atoms with Gasteiger partial charge in [-0.25, -0.2) is 0 Å². The maximum absolute atomic E-state index is 10.7. The Morgan fingerprint density at radius 3 is 2.89 bits per heavy atom. The predicted octanol–water partition coefficient (Wildman–Crippen LogP) is 1.11. The highest BCUT2D eigenvalue weighted by Crippen LogP contribution is 1.91. The van der Waals surface area contributed by atoms with Crippen LogP contribution < -0.4 is 5.43 Å². The van der Waals surface area contributed by atoms with Crippen molar-refractivity contribution in [2.75, 3.05) is 0 Å². The van der Waals surface area contributed by atoms with Gasteiger partial charge in [-0.2, -0.15) is 0 Å². The van der Waals surface area contributed by atoms with Gasteiger partial charge in [0.15, 0.2) is 5.43 Å². The van der Waals surface area contributed by atoms with Crippen LogP contribution in [-0.4, -0.2) is 4.98 Å². The summed E-state index contributed by atoms with van der Waals surface area (Å²) in [6.45, 7) is 0. The minimum atomic E-state index is -0.0104. The van der Waals surface area contributed by atoms with Gasteiger partial charge in [0.1, 0.15) is 0 Å². The third kappa shape index (κ3) is 1.33. The lowest BCUT2D eigenvalue weighted by molar-refractivity contribution is 1.21. The van der Waals surface area contributed by atoms with E-state index in [1.165, 1.54) is 6.07 Å². The number of alkyl halides is 1. The van der Waals surface area contributed by atoms with Crippen LogP contribution in [0.25, 0.3) is 0 Å². The Bertz CT molecular complexity index is 243. The molecule has 2 nitrogen and oxygen atoms in total. The molecule has 1 aromatic heterocycles. The fourth-order valence-corrected chi connectivity index (χ4v) is 0.764. The summed E-state index contributed by atoms with van der Waals surface area (Å²) in [5, 5.41) is 0. The summed E-state index contributed by atoms with van der Waals surface area (Å²) >= 11 is 5.41. The second-order valence-corrected chi connectivity index (χ2v) is 1.93. The highest BCUT2D eigenvalue weighted by Gasteiger charge is 1.91. The van der Waals surface area contributed by atoms with Crippen LogP contribution in [0.1, 0.15) is 5.56 Å². The molecular weight excluding hydrogens is 138 g/mol. The highest BCUT2D eigenvalue weighted by molar-refractivity contribution is 6.17. The van der Waals surface area contributed by atoms with Crippen LogP contribution in [0.2, 0.25) is 0 Å². The minimum Gasteiger partial charge on any atom is -0.367 e. The Morgan fingerprint density at radius 2 is 2.44 bits per heavy atom. The minimum absolute atomic E-state index is 0.0104. The summed E-state index contributed by atoms with van der Waals surface area (Å²) in [4.78, 5) is 13.5. The summed E-state index contributed by atoms with van der Waals surface area (Å²) in [6, 6.07) is 1.46. The number of pyridine rings is 1. The molecule has 0 saturated heterocycles. The quantitative estimate of drug-likeness (QED) is 0.587. The maximum atomic E-state index is 10.7. The maximum Gasteiger partial charge on any atom is 0.185 e. The van der Waals surface area contributed by atoms with Gasteiger partial charge in [0.05, 0.1) is 5.88 Å². The largest absolute Gasteiger partial charge is 0.367 e. The molecule has 0 bridgehead atoms. The van der Waals surface area contributed by atoms with Crippen molar-refractivity contribution in [2.45, 2.75) is 5.88 Å². The molecule has 0 radical (unpaired) electrons. The number of H-pyrrole nitrogens is 1. The van der Waals surface area contributed by atoms with Crippen LogP contribution in [0, 0.1) is 0 Å². The lowest BCUT2D eigenvalue weighted by Crippen LogP contribution is -2.04. The molecule has 0 aliphatic rings. The van der Waals surface area contributed by atoms with Gasteiger partial charge < -0.3 is 4.98 Å². The number of aromatic amines is 1. The summed E-state index contributed by atoms with van der Waals surface area (Å²) in [6.07, 6.45) is 3.19. The smallest absolute Gasteiger partial charge is 0.185 e. The number of halogens is 1. The first-order valence-electron chi connectivity index (χ1n) is 2.56. The van der Waals surface area contributed by atoms with Crippen LogP contribution in [0.3, 0.4) is 0 Å². The molecule has 0 atom stereocenters. The molecule has 1 rings (SSSR count). The summed E-state index contributed by atoms with van der Waals surface area (Å²) < 4.78 is 0. The molecule has 1 N–H and O–H groups in total. The number of rotatable bonds is 1. The Balaban J connectivity index is 3.16. The predicted molar refractivity (Wildman–Crippen MR) is 36.6 cm³/mol. The Kier molecular flexibility index (Phi) is 1.90. The molecule has 1 heterocycles. The van der Waals surface area contributed by atoms with E-state index in [2.05, 4.69) is 4.98 Å². The van der Waals surface area contributed by atoms with E-state index < -0.39 is 0 Å². The van der Waals surface area contributed by atoms with Gasteiger partial charge >= 0.3 is 0 Å². The monoisotopic (exact) mass is 143 g/mol. The normalized spacial score (nSPS) is 9.44. The number of hydrogen-bond acceptors (Lipinski definition) is 1. The van der Waals surface area contributed by atoms with E-state index in [0.717, 1.165) is 0 Å². The Hall–Kier alpha value is -0.760. The van der Waals surface area contributed by atoms with Crippen LogP contribution in [0.4, 0.5) is 0 Å². The van der Waals surface area contributed by atoms with E-state index in [4.69, 9.17) is 11.6 Å². The van der Waals surface area contributed by atoms with Crippen molar-refractivity contribution in [1.82, 2.24) is 4.98 Å². The van der Waals surface area contributed by atoms with Crippen LogP contribution in [0.15, 0.2) is 23.3 Å². The van der Waals surface area contributed by atoms with Crippen molar-refractivity contribution in [1.29, 1.82) is 0 Å². The molecule has 9 heavy (non-hydrogen) atoms. The van der Waals surface area contributed by atoms with Gasteiger partial charge in [-0.05, 0) is 0 Å². The SMILES string of the molecule is O=c1cc[nH]cc1CCl. The lowest BCUT2D eigenvalue weighted by Gasteiger charge is -1.88. The average Bonchev–Trinajstić information content (AvgIpc) is 1.89. The first kappa shape index (κ1) is 6.36. The van der Waals surface area contributed by atoms with Crippen molar-refractivity contribution < 1.29 is 0 Å². The van der Waals surface area contributed by atoms with E-state index in [-0.39, 0.29) is 11.3 Å². The van der Waals surface area contributed by atoms with E-state index in [1.54, 1.807) is 12.4 Å². The van der Waals surface area contributed by atoms with Gasteiger partial charge in [-0.15, -0.1) is 11.6 Å². The van der Waals surface area contributed by atoms with E-state index in [1.807, 2.05) is 0 Å². The fourth-order valence-electron chi connectivity index (χ4n) is 0.555. The summed E-state index contributed by atoms with van der Waals surface area (Å²) in [5.74, 6) is 0.274. The second-order valence-electron chi connectivity index (χ2n) is 1.67. The molecule has 0 amide bonds. The van der Waals surface area contributed by atoms with Gasteiger partial charge in [-0.1, -0.05) is 0 Å². The standard InChI is InChI=1S/C6H6ClNO/c7-3-5-4-8-2-1-6(5)9/h1-2,4H,3H2,(H,8,9). The van der Waals surface area contributed by atoms with Crippen molar-refractivity contribution in [3.63, 3.8) is 0 Å². The molecule has 3 heteroatoms. The van der Waals surface area contributed by atoms with Crippen molar-refractivity contribution in [2.24, 2.45) is 0 Å². The molecule has 48 valence electrons. The molecule has 0 aliphatic heterocycles. The molecule has 1 aromatic rings. The third-order valence-corrected chi connectivity index (χ3v) is 1.34. The van der Waals surface area contributed by atoms with Gasteiger partial charge in [0, 0.05) is 24.0 Å². The van der Waals surface area contributed by atoms with Crippen LogP contribution in [-0.2, 0) is 5.88 Å². The van der Waals surface area contributed by atoms with Gasteiger partial charge in [0.25, 0.3) is 0 Å². The second kappa shape index (κ2) is 2.69. The molecule has 0 aliphatic carbocycles. The van der Waals surface area contributed by atoms with Crippen LogP contribution in [0.5, 0.6) is 0 Å².